The van der Waals surface area contributed by atoms with E-state index in [9.17, 15) is 4.79 Å². The van der Waals surface area contributed by atoms with E-state index in [-0.39, 0.29) is 32.0 Å². The van der Waals surface area contributed by atoms with E-state index in [0.717, 1.165) is 25.3 Å². The van der Waals surface area contributed by atoms with Gasteiger partial charge in [0.25, 0.3) is 0 Å². The quantitative estimate of drug-likeness (QED) is 0.616. The number of anilines is 1. The number of pyridine rings is 1. The summed E-state index contributed by atoms with van der Waals surface area (Å²) in [6.45, 7) is 1.72. The molecule has 6 heteroatoms. The van der Waals surface area contributed by atoms with Gasteiger partial charge >= 0.3 is 24.8 Å². The predicted molar refractivity (Wildman–Crippen MR) is 59.9 cm³/mol. The summed E-state index contributed by atoms with van der Waals surface area (Å²) in [6.07, 6.45) is 2.62. The molecule has 1 saturated heterocycles. The van der Waals surface area contributed by atoms with Crippen molar-refractivity contribution in [2.75, 3.05) is 25.1 Å². The van der Waals surface area contributed by atoms with Gasteiger partial charge in [-0.1, -0.05) is 0 Å². The fourth-order valence-corrected chi connectivity index (χ4v) is 1.83. The van der Waals surface area contributed by atoms with E-state index >= 15 is 0 Å². The number of nitrogens with zero attached hydrogens (tertiary/aromatic N) is 2. The maximum atomic E-state index is 10.7. The van der Waals surface area contributed by atoms with Gasteiger partial charge in [0.2, 0.25) is 0 Å². The summed E-state index contributed by atoms with van der Waals surface area (Å²) in [6, 6.07) is 3.31. The summed E-state index contributed by atoms with van der Waals surface area (Å²) < 4.78 is 5.26. The average molecular weight is 230 g/mol. The van der Waals surface area contributed by atoms with Crippen molar-refractivity contribution in [1.82, 2.24) is 4.98 Å². The van der Waals surface area contributed by atoms with Crippen LogP contribution in [0.4, 0.5) is 5.82 Å². The van der Waals surface area contributed by atoms with Crippen molar-refractivity contribution in [3.63, 3.8) is 0 Å². The van der Waals surface area contributed by atoms with Crippen molar-refractivity contribution >= 4 is 11.8 Å². The van der Waals surface area contributed by atoms with Crippen LogP contribution in [0.1, 0.15) is 18.2 Å². The van der Waals surface area contributed by atoms with E-state index in [0.29, 0.717) is 0 Å². The number of carboxylic acid groups (broad SMARTS) is 1. The Hall–Kier alpha value is -1.02. The summed E-state index contributed by atoms with van der Waals surface area (Å²) >= 11 is 0. The van der Waals surface area contributed by atoms with E-state index in [4.69, 9.17) is 9.84 Å². The smallest absolute Gasteiger partial charge is 1.00 e. The summed E-state index contributed by atoms with van der Waals surface area (Å²) in [4.78, 5) is 16.9. The van der Waals surface area contributed by atoms with Crippen LogP contribution in [-0.2, 0) is 4.74 Å². The molecular weight excluding hydrogens is 215 g/mol. The van der Waals surface area contributed by atoms with Gasteiger partial charge in [0.05, 0.1) is 11.7 Å². The Morgan fingerprint density at radius 2 is 2.41 bits per heavy atom. The Balaban J connectivity index is 0.00000144. The second kappa shape index (κ2) is 6.06. The fourth-order valence-electron chi connectivity index (χ4n) is 1.83. The first-order chi connectivity index (χ1) is 7.70. The topological polar surface area (TPSA) is 62.7 Å². The molecule has 1 aliphatic rings. The van der Waals surface area contributed by atoms with Gasteiger partial charge in [-0.15, -0.1) is 0 Å². The summed E-state index contributed by atoms with van der Waals surface area (Å²) in [5.74, 6) is -0.139. The Bertz CT molecular complexity index is 388. The maximum absolute atomic E-state index is 10.7. The molecule has 1 atom stereocenters. The second-order valence-electron chi connectivity index (χ2n) is 3.80. The van der Waals surface area contributed by atoms with Crippen LogP contribution in [0.5, 0.6) is 0 Å². The molecule has 2 rings (SSSR count). The van der Waals surface area contributed by atoms with Gasteiger partial charge in [-0.2, -0.15) is 0 Å². The fraction of sp³-hybridized carbons (Fsp3) is 0.455. The molecular formula is C11H15LiN2O3. The minimum Gasteiger partial charge on any atom is -1.00 e. The number of rotatable bonds is 3. The number of aromatic nitrogens is 1. The third-order valence-electron chi connectivity index (χ3n) is 2.80. The van der Waals surface area contributed by atoms with Crippen LogP contribution in [0, 0.1) is 0 Å². The van der Waals surface area contributed by atoms with Crippen LogP contribution in [0.15, 0.2) is 18.3 Å². The van der Waals surface area contributed by atoms with Gasteiger partial charge in [-0.25, -0.2) is 9.78 Å². The SMILES string of the molecule is CO[C@H]1CCN(c2ccc(C(=O)O)cn2)C1.[H-].[Li+]. The second-order valence-corrected chi connectivity index (χ2v) is 3.80. The molecule has 88 valence electrons. The molecule has 1 aromatic heterocycles. The predicted octanol–water partition coefficient (Wildman–Crippen LogP) is -1.88. The zero-order valence-corrected chi connectivity index (χ0v) is 10.1. The van der Waals surface area contributed by atoms with Crippen molar-refractivity contribution in [1.29, 1.82) is 0 Å². The third kappa shape index (κ3) is 3.22. The van der Waals surface area contributed by atoms with Crippen LogP contribution < -0.4 is 23.8 Å². The first kappa shape index (κ1) is 14.0. The molecule has 0 aromatic carbocycles. The Kier molecular flexibility index (Phi) is 5.00. The largest absolute Gasteiger partial charge is 1.00 e. The molecule has 1 aromatic rings. The number of carboxylic acids is 1. The standard InChI is InChI=1S/C11H14N2O3.Li.H/c1-16-9-4-5-13(7-9)10-3-2-8(6-12-10)11(14)15;;/h2-3,6,9H,4-5,7H2,1H3,(H,14,15);;/q;+1;-1/t9-;;/m0../s1. The van der Waals surface area contributed by atoms with E-state index in [1.54, 1.807) is 19.2 Å². The Morgan fingerprint density at radius 3 is 2.88 bits per heavy atom. The van der Waals surface area contributed by atoms with E-state index in [1.165, 1.54) is 6.20 Å². The molecule has 0 saturated carbocycles. The van der Waals surface area contributed by atoms with Crippen LogP contribution in [0.25, 0.3) is 0 Å². The molecule has 1 N–H and O–H groups in total. The zero-order valence-electron chi connectivity index (χ0n) is 11.1. The summed E-state index contributed by atoms with van der Waals surface area (Å²) in [5.41, 5.74) is 0.214. The van der Waals surface area contributed by atoms with Crippen molar-refractivity contribution in [2.24, 2.45) is 0 Å². The molecule has 0 aliphatic carbocycles. The van der Waals surface area contributed by atoms with E-state index in [1.807, 2.05) is 0 Å². The number of hydrogen-bond acceptors (Lipinski definition) is 4. The van der Waals surface area contributed by atoms with Crippen molar-refractivity contribution < 1.29 is 34.9 Å². The van der Waals surface area contributed by atoms with Crippen molar-refractivity contribution in [3.05, 3.63) is 23.9 Å². The van der Waals surface area contributed by atoms with Gasteiger partial charge in [-0.05, 0) is 18.6 Å². The van der Waals surface area contributed by atoms with Crippen molar-refractivity contribution in [2.45, 2.75) is 12.5 Å². The Morgan fingerprint density at radius 1 is 1.65 bits per heavy atom. The number of carbonyl (C=O) groups is 1. The first-order valence-corrected chi connectivity index (χ1v) is 5.18. The molecule has 0 unspecified atom stereocenters. The monoisotopic (exact) mass is 230 g/mol. The van der Waals surface area contributed by atoms with Gasteiger partial charge < -0.3 is 16.2 Å². The molecule has 0 radical (unpaired) electrons. The van der Waals surface area contributed by atoms with E-state index in [2.05, 4.69) is 9.88 Å². The first-order valence-electron chi connectivity index (χ1n) is 5.18. The van der Waals surface area contributed by atoms with Crippen LogP contribution in [0.3, 0.4) is 0 Å². The maximum Gasteiger partial charge on any atom is 1.00 e. The number of methoxy groups -OCH3 is 1. The molecule has 17 heavy (non-hydrogen) atoms. The van der Waals surface area contributed by atoms with Gasteiger partial charge in [0.15, 0.2) is 0 Å². The zero-order chi connectivity index (χ0) is 11.5. The molecule has 1 aliphatic heterocycles. The normalized spacial score (nSPS) is 18.9. The molecule has 0 amide bonds. The number of aromatic carboxylic acids is 1. The number of ether oxygens (including phenoxy) is 1. The van der Waals surface area contributed by atoms with Crippen LogP contribution >= 0.6 is 0 Å². The summed E-state index contributed by atoms with van der Waals surface area (Å²) in [7, 11) is 1.70. The van der Waals surface area contributed by atoms with Gasteiger partial charge in [-0.3, -0.25) is 0 Å². The minimum absolute atomic E-state index is 0. The van der Waals surface area contributed by atoms with Gasteiger partial charge in [0.1, 0.15) is 5.82 Å². The molecule has 0 spiro atoms. The molecule has 2 heterocycles. The summed E-state index contributed by atoms with van der Waals surface area (Å²) in [5, 5.41) is 8.75. The average Bonchev–Trinajstić information content (AvgIpc) is 2.77. The van der Waals surface area contributed by atoms with Crippen molar-refractivity contribution in [3.8, 4) is 0 Å². The molecule has 1 fully saturated rings. The number of hydrogen-bond donors (Lipinski definition) is 1. The van der Waals surface area contributed by atoms with E-state index < -0.39 is 5.97 Å². The third-order valence-corrected chi connectivity index (χ3v) is 2.80. The van der Waals surface area contributed by atoms with Crippen LogP contribution in [0.2, 0.25) is 0 Å². The molecule has 0 bridgehead atoms. The van der Waals surface area contributed by atoms with Crippen LogP contribution in [-0.4, -0.2) is 42.4 Å². The van der Waals surface area contributed by atoms with Gasteiger partial charge in [0, 0.05) is 26.4 Å². The Labute approximate surface area is 113 Å². The molecule has 5 nitrogen and oxygen atoms in total. The minimum atomic E-state index is -0.949.